The third-order valence-electron chi connectivity index (χ3n) is 3.97. The molecule has 1 atom stereocenters. The highest BCUT2D eigenvalue weighted by molar-refractivity contribution is 6.62. The minimum absolute atomic E-state index is 0.0404. The first kappa shape index (κ1) is 22.0. The van der Waals surface area contributed by atoms with Gasteiger partial charge in [-0.3, -0.25) is 4.79 Å². The van der Waals surface area contributed by atoms with E-state index in [2.05, 4.69) is 5.32 Å². The van der Waals surface area contributed by atoms with E-state index in [1.807, 2.05) is 13.0 Å². The fourth-order valence-corrected chi connectivity index (χ4v) is 2.97. The number of hydrogen-bond acceptors (Lipinski definition) is 7. The van der Waals surface area contributed by atoms with E-state index in [-0.39, 0.29) is 25.5 Å². The number of esters is 1. The number of carbonyl (C=O) groups excluding carboxylic acids is 2. The second-order valence-electron chi connectivity index (χ2n) is 7.51. The van der Waals surface area contributed by atoms with E-state index in [1.165, 1.54) is 0 Å². The minimum Gasteiger partial charge on any atom is -0.492 e. The summed E-state index contributed by atoms with van der Waals surface area (Å²) in [6.07, 6.45) is -1.02. The lowest BCUT2D eigenvalue weighted by molar-refractivity contribution is -0.145. The Morgan fingerprint density at radius 1 is 1.32 bits per heavy atom. The molecule has 0 saturated carbocycles. The van der Waals surface area contributed by atoms with Crippen molar-refractivity contribution in [3.8, 4) is 5.75 Å². The molecule has 0 radical (unpaired) electrons. The quantitative estimate of drug-likeness (QED) is 0.412. The van der Waals surface area contributed by atoms with Crippen molar-refractivity contribution in [2.24, 2.45) is 0 Å². The van der Waals surface area contributed by atoms with Crippen LogP contribution in [-0.2, 0) is 18.9 Å². The van der Waals surface area contributed by atoms with Crippen LogP contribution in [0.15, 0.2) is 12.1 Å². The Morgan fingerprint density at radius 2 is 2.04 bits per heavy atom. The molecule has 0 fully saturated rings. The van der Waals surface area contributed by atoms with E-state index >= 15 is 0 Å². The highest BCUT2D eigenvalue weighted by atomic mass is 16.6. The Labute approximate surface area is 165 Å². The first-order valence-corrected chi connectivity index (χ1v) is 9.34. The molecule has 1 heterocycles. The van der Waals surface area contributed by atoms with E-state index in [1.54, 1.807) is 33.8 Å². The van der Waals surface area contributed by atoms with Crippen molar-refractivity contribution in [2.75, 3.05) is 19.8 Å². The molecule has 0 aliphatic carbocycles. The molecule has 1 unspecified atom stereocenters. The molecule has 2 N–H and O–H groups in total. The van der Waals surface area contributed by atoms with E-state index in [0.29, 0.717) is 17.8 Å². The Kier molecular flexibility index (Phi) is 7.32. The van der Waals surface area contributed by atoms with Crippen molar-refractivity contribution in [3.63, 3.8) is 0 Å². The second-order valence-corrected chi connectivity index (χ2v) is 7.51. The van der Waals surface area contributed by atoms with Crippen LogP contribution in [0.3, 0.4) is 0 Å². The number of nitrogens with one attached hydrogen (secondary N) is 1. The van der Waals surface area contributed by atoms with Crippen molar-refractivity contribution >= 4 is 24.6 Å². The minimum atomic E-state index is -1.13. The van der Waals surface area contributed by atoms with Gasteiger partial charge in [0.25, 0.3) is 0 Å². The van der Waals surface area contributed by atoms with Crippen LogP contribution in [0.5, 0.6) is 5.75 Å². The number of carbonyl (C=O) groups is 2. The number of ether oxygens (including phenoxy) is 3. The summed E-state index contributed by atoms with van der Waals surface area (Å²) in [4.78, 5) is 23.4. The molecule has 0 spiro atoms. The fourth-order valence-electron chi connectivity index (χ4n) is 2.97. The van der Waals surface area contributed by atoms with Gasteiger partial charge in [-0.2, -0.15) is 0 Å². The number of aryl methyl sites for hydroxylation is 1. The maximum Gasteiger partial charge on any atom is 0.492 e. The molecule has 1 aromatic rings. The SMILES string of the molecule is CCOC(=O)CC1OB(O)c2cc(OCCNC(=O)OC(C)(C)C)cc(C)c21. The first-order valence-electron chi connectivity index (χ1n) is 9.34. The molecule has 8 nitrogen and oxygen atoms in total. The number of hydrogen-bond donors (Lipinski definition) is 2. The summed E-state index contributed by atoms with van der Waals surface area (Å²) in [6, 6.07) is 3.50. The molecular weight excluding hydrogens is 365 g/mol. The first-order chi connectivity index (χ1) is 13.1. The average Bonchev–Trinajstić information content (AvgIpc) is 2.86. The fraction of sp³-hybridized carbons (Fsp3) is 0.579. The molecule has 1 aromatic carbocycles. The van der Waals surface area contributed by atoms with Gasteiger partial charge in [0.2, 0.25) is 0 Å². The Bertz CT molecular complexity index is 717. The van der Waals surface area contributed by atoms with Crippen LogP contribution in [0.25, 0.3) is 0 Å². The molecular formula is C19H28BNO7. The molecule has 154 valence electrons. The smallest absolute Gasteiger partial charge is 0.492 e. The van der Waals surface area contributed by atoms with Gasteiger partial charge >= 0.3 is 19.2 Å². The van der Waals surface area contributed by atoms with Crippen molar-refractivity contribution in [1.82, 2.24) is 5.32 Å². The average molecular weight is 393 g/mol. The summed E-state index contributed by atoms with van der Waals surface area (Å²) < 4.78 is 21.3. The van der Waals surface area contributed by atoms with Crippen LogP contribution < -0.4 is 15.5 Å². The van der Waals surface area contributed by atoms with Crippen molar-refractivity contribution in [1.29, 1.82) is 0 Å². The summed E-state index contributed by atoms with van der Waals surface area (Å²) in [7, 11) is -1.13. The molecule has 0 aromatic heterocycles. The predicted octanol–water partition coefficient (Wildman–Crippen LogP) is 1.61. The standard InChI is InChI=1S/C19H28BNO7/c1-6-25-16(22)11-15-17-12(2)9-13(10-14(17)20(24)28-15)26-8-7-21-18(23)27-19(3,4)5/h9-10,15,24H,6-8,11H2,1-5H3,(H,21,23). The number of benzene rings is 1. The van der Waals surface area contributed by atoms with E-state index < -0.39 is 24.9 Å². The largest absolute Gasteiger partial charge is 0.492 e. The number of rotatable bonds is 7. The van der Waals surface area contributed by atoms with Crippen LogP contribution in [0.4, 0.5) is 4.79 Å². The van der Waals surface area contributed by atoms with Crippen LogP contribution in [0.1, 0.15) is 51.3 Å². The van der Waals surface area contributed by atoms with Gasteiger partial charge in [0.1, 0.15) is 18.0 Å². The zero-order chi connectivity index (χ0) is 20.9. The van der Waals surface area contributed by atoms with Gasteiger partial charge in [0, 0.05) is 0 Å². The highest BCUT2D eigenvalue weighted by Gasteiger charge is 2.38. The number of amides is 1. The molecule has 0 saturated heterocycles. The lowest BCUT2D eigenvalue weighted by Gasteiger charge is -2.19. The zero-order valence-corrected chi connectivity index (χ0v) is 17.0. The molecule has 2 rings (SSSR count). The molecule has 9 heteroatoms. The summed E-state index contributed by atoms with van der Waals surface area (Å²) >= 11 is 0. The Balaban J connectivity index is 1.95. The van der Waals surface area contributed by atoms with Crippen LogP contribution >= 0.6 is 0 Å². The molecule has 1 aliphatic heterocycles. The van der Waals surface area contributed by atoms with E-state index in [0.717, 1.165) is 11.1 Å². The van der Waals surface area contributed by atoms with Gasteiger partial charge < -0.3 is 29.2 Å². The van der Waals surface area contributed by atoms with Gasteiger partial charge in [0.15, 0.2) is 0 Å². The van der Waals surface area contributed by atoms with Crippen LogP contribution in [0, 0.1) is 6.92 Å². The Hall–Kier alpha value is -2.26. The maximum absolute atomic E-state index is 11.8. The number of alkyl carbamates (subject to hydrolysis) is 1. The number of fused-ring (bicyclic) bond motifs is 1. The van der Waals surface area contributed by atoms with E-state index in [9.17, 15) is 14.6 Å². The molecule has 28 heavy (non-hydrogen) atoms. The lowest BCUT2D eigenvalue weighted by atomic mass is 9.77. The third kappa shape index (κ3) is 6.14. The van der Waals surface area contributed by atoms with Gasteiger partial charge in [-0.1, -0.05) is 0 Å². The van der Waals surface area contributed by atoms with Gasteiger partial charge in [-0.05, 0) is 63.3 Å². The monoisotopic (exact) mass is 393 g/mol. The normalized spacial score (nSPS) is 15.8. The lowest BCUT2D eigenvalue weighted by Crippen LogP contribution is -2.34. The molecule has 1 aliphatic rings. The highest BCUT2D eigenvalue weighted by Crippen LogP contribution is 2.32. The van der Waals surface area contributed by atoms with E-state index in [4.69, 9.17) is 18.9 Å². The van der Waals surface area contributed by atoms with Crippen molar-refractivity contribution in [2.45, 2.75) is 52.7 Å². The van der Waals surface area contributed by atoms with Gasteiger partial charge in [0.05, 0.1) is 25.7 Å². The Morgan fingerprint density at radius 3 is 2.68 bits per heavy atom. The summed E-state index contributed by atoms with van der Waals surface area (Å²) in [6.45, 7) is 9.78. The molecule has 0 bridgehead atoms. The van der Waals surface area contributed by atoms with Crippen molar-refractivity contribution in [3.05, 3.63) is 23.3 Å². The van der Waals surface area contributed by atoms with Gasteiger partial charge in [-0.15, -0.1) is 0 Å². The second kappa shape index (κ2) is 9.29. The summed E-state index contributed by atoms with van der Waals surface area (Å²) in [5, 5.41) is 12.8. The maximum atomic E-state index is 11.8. The van der Waals surface area contributed by atoms with Crippen LogP contribution in [0.2, 0.25) is 0 Å². The third-order valence-corrected chi connectivity index (χ3v) is 3.97. The van der Waals surface area contributed by atoms with Gasteiger partial charge in [-0.25, -0.2) is 4.79 Å². The molecule has 1 amide bonds. The van der Waals surface area contributed by atoms with Crippen LogP contribution in [-0.4, -0.2) is 49.6 Å². The topological polar surface area (TPSA) is 103 Å². The summed E-state index contributed by atoms with van der Waals surface area (Å²) in [5.74, 6) is 0.169. The summed E-state index contributed by atoms with van der Waals surface area (Å²) in [5.41, 5.74) is 1.64. The zero-order valence-electron chi connectivity index (χ0n) is 17.0. The predicted molar refractivity (Wildman–Crippen MR) is 104 cm³/mol. The van der Waals surface area contributed by atoms with Crippen molar-refractivity contribution < 1.29 is 33.5 Å².